The maximum absolute atomic E-state index is 12.8. The van der Waals surface area contributed by atoms with E-state index < -0.39 is 10.0 Å². The fourth-order valence-electron chi connectivity index (χ4n) is 3.94. The molecule has 1 amide bonds. The fourth-order valence-corrected chi connectivity index (χ4v) is 5.48. The Morgan fingerprint density at radius 2 is 1.80 bits per heavy atom. The number of nitrogens with zero attached hydrogens (tertiary/aromatic N) is 1. The number of benzene rings is 1. The van der Waals surface area contributed by atoms with Crippen molar-refractivity contribution in [3.63, 3.8) is 0 Å². The Hall–Kier alpha value is -1.40. The van der Waals surface area contributed by atoms with Gasteiger partial charge in [0.15, 0.2) is 0 Å². The second kappa shape index (κ2) is 7.46. The summed E-state index contributed by atoms with van der Waals surface area (Å²) in [5.74, 6) is 0.0937. The Labute approximate surface area is 150 Å². The summed E-state index contributed by atoms with van der Waals surface area (Å²) in [7, 11) is -3.49. The molecule has 0 spiro atoms. The lowest BCUT2D eigenvalue weighted by Gasteiger charge is -2.37. The molecule has 1 heterocycles. The van der Waals surface area contributed by atoms with Gasteiger partial charge in [0.05, 0.1) is 4.90 Å². The average Bonchev–Trinajstić information content (AvgIpc) is 2.63. The highest BCUT2D eigenvalue weighted by Crippen LogP contribution is 2.36. The van der Waals surface area contributed by atoms with Gasteiger partial charge in [0.1, 0.15) is 0 Å². The third-order valence-corrected chi connectivity index (χ3v) is 7.48. The quantitative estimate of drug-likeness (QED) is 0.893. The number of carbonyl (C=O) groups is 1. The summed E-state index contributed by atoms with van der Waals surface area (Å²) in [5, 5.41) is 3.14. The van der Waals surface area contributed by atoms with Crippen LogP contribution < -0.4 is 5.32 Å². The summed E-state index contributed by atoms with van der Waals surface area (Å²) in [5.41, 5.74) is -0.293. The lowest BCUT2D eigenvalue weighted by atomic mass is 9.75. The van der Waals surface area contributed by atoms with Crippen LogP contribution in [0.15, 0.2) is 35.2 Å². The Morgan fingerprint density at radius 3 is 2.48 bits per heavy atom. The van der Waals surface area contributed by atoms with E-state index in [-0.39, 0.29) is 17.4 Å². The standard InChI is InChI=1S/C19H28N2O3S/c1-19(12-6-3-7-13-19)18(22)20-16-9-8-14-21(15-16)25(23,24)17-10-4-2-5-11-17/h2,4-5,10-11,16H,3,6-9,12-15H2,1H3,(H,20,22). The summed E-state index contributed by atoms with van der Waals surface area (Å²) in [6.45, 7) is 2.92. The van der Waals surface area contributed by atoms with Crippen LogP contribution >= 0.6 is 0 Å². The number of sulfonamides is 1. The first-order valence-corrected chi connectivity index (χ1v) is 10.7. The number of hydrogen-bond donors (Lipinski definition) is 1. The maximum atomic E-state index is 12.8. The van der Waals surface area contributed by atoms with E-state index in [4.69, 9.17) is 0 Å². The summed E-state index contributed by atoms with van der Waals surface area (Å²) < 4.78 is 27.1. The molecule has 25 heavy (non-hydrogen) atoms. The molecule has 1 aromatic rings. The minimum atomic E-state index is -3.49. The van der Waals surface area contributed by atoms with Gasteiger partial charge in [-0.05, 0) is 37.8 Å². The molecule has 0 aromatic heterocycles. The van der Waals surface area contributed by atoms with Crippen LogP contribution in [-0.2, 0) is 14.8 Å². The highest BCUT2D eigenvalue weighted by Gasteiger charge is 2.37. The van der Waals surface area contributed by atoms with E-state index in [2.05, 4.69) is 5.32 Å². The minimum absolute atomic E-state index is 0.0937. The molecule has 6 heteroatoms. The minimum Gasteiger partial charge on any atom is -0.352 e. The van der Waals surface area contributed by atoms with Gasteiger partial charge in [-0.25, -0.2) is 8.42 Å². The third kappa shape index (κ3) is 4.06. The van der Waals surface area contributed by atoms with Crippen LogP contribution in [0.1, 0.15) is 51.9 Å². The number of rotatable bonds is 4. The molecule has 1 aliphatic heterocycles. The van der Waals surface area contributed by atoms with Gasteiger partial charge in [-0.2, -0.15) is 4.31 Å². The van der Waals surface area contributed by atoms with Crippen LogP contribution in [0, 0.1) is 5.41 Å². The van der Waals surface area contributed by atoms with Gasteiger partial charge in [0, 0.05) is 24.5 Å². The van der Waals surface area contributed by atoms with Gasteiger partial charge < -0.3 is 5.32 Å². The summed E-state index contributed by atoms with van der Waals surface area (Å²) in [6, 6.07) is 8.43. The molecule has 2 aliphatic rings. The first-order valence-electron chi connectivity index (χ1n) is 9.28. The Morgan fingerprint density at radius 1 is 1.12 bits per heavy atom. The van der Waals surface area contributed by atoms with Crippen LogP contribution in [0.4, 0.5) is 0 Å². The Balaban J connectivity index is 1.66. The maximum Gasteiger partial charge on any atom is 0.243 e. The van der Waals surface area contributed by atoms with Crippen molar-refractivity contribution in [1.82, 2.24) is 9.62 Å². The molecule has 3 rings (SSSR count). The van der Waals surface area contributed by atoms with Gasteiger partial charge in [-0.15, -0.1) is 0 Å². The molecule has 1 aliphatic carbocycles. The predicted molar refractivity (Wildman–Crippen MR) is 97.6 cm³/mol. The van der Waals surface area contributed by atoms with Crippen LogP contribution in [0.3, 0.4) is 0 Å². The molecule has 5 nitrogen and oxygen atoms in total. The Bertz CT molecular complexity index is 697. The fraction of sp³-hybridized carbons (Fsp3) is 0.632. The first kappa shape index (κ1) is 18.4. The number of nitrogens with one attached hydrogen (secondary N) is 1. The van der Waals surface area contributed by atoms with E-state index in [1.54, 1.807) is 24.3 Å². The normalized spacial score (nSPS) is 24.6. The highest BCUT2D eigenvalue weighted by atomic mass is 32.2. The van der Waals surface area contributed by atoms with Crippen molar-refractivity contribution >= 4 is 15.9 Å². The third-order valence-electron chi connectivity index (χ3n) is 5.61. The van der Waals surface area contributed by atoms with Gasteiger partial charge in [-0.1, -0.05) is 44.4 Å². The molecule has 2 fully saturated rings. The Kier molecular flexibility index (Phi) is 5.49. The molecule has 1 N–H and O–H groups in total. The number of hydrogen-bond acceptors (Lipinski definition) is 3. The topological polar surface area (TPSA) is 66.5 Å². The average molecular weight is 365 g/mol. The van der Waals surface area contributed by atoms with Crippen LogP contribution in [0.2, 0.25) is 0 Å². The zero-order valence-corrected chi connectivity index (χ0v) is 15.7. The van der Waals surface area contributed by atoms with Crippen molar-refractivity contribution in [2.24, 2.45) is 5.41 Å². The van der Waals surface area contributed by atoms with Crippen molar-refractivity contribution < 1.29 is 13.2 Å². The second-order valence-corrected chi connectivity index (χ2v) is 9.55. The lowest BCUT2D eigenvalue weighted by molar-refractivity contribution is -0.132. The highest BCUT2D eigenvalue weighted by molar-refractivity contribution is 7.89. The summed E-state index contributed by atoms with van der Waals surface area (Å²) >= 11 is 0. The monoisotopic (exact) mass is 364 g/mol. The molecule has 1 atom stereocenters. The van der Waals surface area contributed by atoms with Crippen LogP contribution in [-0.4, -0.2) is 37.8 Å². The number of amides is 1. The van der Waals surface area contributed by atoms with E-state index in [9.17, 15) is 13.2 Å². The van der Waals surface area contributed by atoms with Gasteiger partial charge >= 0.3 is 0 Å². The van der Waals surface area contributed by atoms with Gasteiger partial charge in [-0.3, -0.25) is 4.79 Å². The largest absolute Gasteiger partial charge is 0.352 e. The molecule has 138 valence electrons. The lowest BCUT2D eigenvalue weighted by Crippen LogP contribution is -2.52. The van der Waals surface area contributed by atoms with Crippen LogP contribution in [0.25, 0.3) is 0 Å². The summed E-state index contributed by atoms with van der Waals surface area (Å²) in [4.78, 5) is 13.1. The van der Waals surface area contributed by atoms with Crippen LogP contribution in [0.5, 0.6) is 0 Å². The number of carbonyl (C=O) groups excluding carboxylic acids is 1. The molecular weight excluding hydrogens is 336 g/mol. The van der Waals surface area contributed by atoms with E-state index in [1.165, 1.54) is 10.7 Å². The van der Waals surface area contributed by atoms with Crippen molar-refractivity contribution in [2.75, 3.05) is 13.1 Å². The van der Waals surface area contributed by atoms with Crippen molar-refractivity contribution in [2.45, 2.75) is 62.8 Å². The van der Waals surface area contributed by atoms with Gasteiger partial charge in [0.25, 0.3) is 0 Å². The zero-order valence-electron chi connectivity index (χ0n) is 14.9. The van der Waals surface area contributed by atoms with Crippen molar-refractivity contribution in [3.8, 4) is 0 Å². The molecule has 1 aromatic carbocycles. The molecular formula is C19H28N2O3S. The molecule has 1 saturated carbocycles. The number of piperidine rings is 1. The molecule has 1 saturated heterocycles. The van der Waals surface area contributed by atoms with E-state index >= 15 is 0 Å². The second-order valence-electron chi connectivity index (χ2n) is 7.61. The molecule has 1 unspecified atom stereocenters. The van der Waals surface area contributed by atoms with E-state index in [1.807, 2.05) is 13.0 Å². The van der Waals surface area contributed by atoms with E-state index in [0.29, 0.717) is 18.0 Å². The molecule has 0 radical (unpaired) electrons. The zero-order chi connectivity index (χ0) is 17.9. The van der Waals surface area contributed by atoms with Crippen molar-refractivity contribution in [3.05, 3.63) is 30.3 Å². The first-order chi connectivity index (χ1) is 11.9. The molecule has 0 bridgehead atoms. The smallest absolute Gasteiger partial charge is 0.243 e. The summed E-state index contributed by atoms with van der Waals surface area (Å²) in [6.07, 6.45) is 6.87. The van der Waals surface area contributed by atoms with Gasteiger partial charge in [0.2, 0.25) is 15.9 Å². The van der Waals surface area contributed by atoms with E-state index in [0.717, 1.165) is 38.5 Å². The van der Waals surface area contributed by atoms with Crippen molar-refractivity contribution in [1.29, 1.82) is 0 Å². The predicted octanol–water partition coefficient (Wildman–Crippen LogP) is 2.93. The SMILES string of the molecule is CC1(C(=O)NC2CCCN(S(=O)(=O)c3ccccc3)C2)CCCCC1.